The van der Waals surface area contributed by atoms with Crippen molar-refractivity contribution in [3.8, 4) is 0 Å². The third-order valence-corrected chi connectivity index (χ3v) is 7.52. The molecule has 41 heavy (non-hydrogen) atoms. The van der Waals surface area contributed by atoms with Gasteiger partial charge in [0.25, 0.3) is 5.91 Å². The molecule has 15 heteroatoms. The van der Waals surface area contributed by atoms with Crippen molar-refractivity contribution in [1.29, 1.82) is 0 Å². The molecule has 1 aliphatic heterocycles. The van der Waals surface area contributed by atoms with Gasteiger partial charge in [0, 0.05) is 48.3 Å². The number of hydrogen-bond acceptors (Lipinski definition) is 7. The number of rotatable bonds is 5. The molecule has 1 saturated carbocycles. The number of H-pyrrole nitrogens is 1. The standard InChI is InChI=1S/C26H25F4N9O2/c27-17-2-1-3-18-21(17)16(12-32-18)22(40)34-19-8-9-31-25(35-19)33-15-6-4-14(5-7-15)23(41)38-10-11-39-20(13-38)36-37-24(39)26(28,29)30/h1-3,8-9,12,14-15,32H,4-7,10-11,13H2,(H2,31,33,34,35,40). The molecule has 0 radical (unpaired) electrons. The first-order valence-corrected chi connectivity index (χ1v) is 13.1. The molecule has 11 nitrogen and oxygen atoms in total. The molecule has 4 aromatic rings. The maximum Gasteiger partial charge on any atom is 0.451 e. The highest BCUT2D eigenvalue weighted by Crippen LogP contribution is 2.32. The normalized spacial score (nSPS) is 19.2. The fourth-order valence-corrected chi connectivity index (χ4v) is 5.48. The molecule has 2 aliphatic rings. The van der Waals surface area contributed by atoms with Crippen LogP contribution in [0, 0.1) is 11.7 Å². The van der Waals surface area contributed by atoms with Crippen LogP contribution in [-0.2, 0) is 24.1 Å². The summed E-state index contributed by atoms with van der Waals surface area (Å²) in [5.74, 6) is -1.72. The first kappa shape index (κ1) is 26.7. The van der Waals surface area contributed by atoms with Gasteiger partial charge in [0.15, 0.2) is 5.82 Å². The number of amides is 2. The van der Waals surface area contributed by atoms with Crippen molar-refractivity contribution in [3.63, 3.8) is 0 Å². The molecular weight excluding hydrogens is 546 g/mol. The van der Waals surface area contributed by atoms with Gasteiger partial charge in [-0.2, -0.15) is 18.2 Å². The van der Waals surface area contributed by atoms with Gasteiger partial charge in [-0.3, -0.25) is 9.59 Å². The predicted octanol–water partition coefficient (Wildman–Crippen LogP) is 3.97. The first-order chi connectivity index (χ1) is 19.7. The van der Waals surface area contributed by atoms with E-state index in [1.165, 1.54) is 24.5 Å². The number of halogens is 4. The van der Waals surface area contributed by atoms with Crippen LogP contribution >= 0.6 is 0 Å². The van der Waals surface area contributed by atoms with E-state index in [2.05, 4.69) is 35.8 Å². The fraction of sp³-hybridized carbons (Fsp3) is 0.385. The van der Waals surface area contributed by atoms with Crippen molar-refractivity contribution in [2.45, 2.75) is 51.0 Å². The van der Waals surface area contributed by atoms with Crippen molar-refractivity contribution in [1.82, 2.24) is 34.6 Å². The van der Waals surface area contributed by atoms with E-state index < -0.39 is 23.7 Å². The van der Waals surface area contributed by atoms with Gasteiger partial charge < -0.3 is 25.1 Å². The molecule has 1 aromatic carbocycles. The third-order valence-electron chi connectivity index (χ3n) is 7.52. The van der Waals surface area contributed by atoms with Gasteiger partial charge >= 0.3 is 6.18 Å². The Labute approximate surface area is 230 Å². The smallest absolute Gasteiger partial charge is 0.360 e. The molecule has 0 atom stereocenters. The number of benzene rings is 1. The molecule has 0 unspecified atom stereocenters. The van der Waals surface area contributed by atoms with Gasteiger partial charge in [0.2, 0.25) is 17.7 Å². The lowest BCUT2D eigenvalue weighted by atomic mass is 9.85. The van der Waals surface area contributed by atoms with Gasteiger partial charge in [0.1, 0.15) is 11.6 Å². The van der Waals surface area contributed by atoms with Crippen molar-refractivity contribution in [2.75, 3.05) is 17.2 Å². The van der Waals surface area contributed by atoms with E-state index in [1.54, 1.807) is 17.0 Å². The lowest BCUT2D eigenvalue weighted by Gasteiger charge is -2.34. The fourth-order valence-electron chi connectivity index (χ4n) is 5.48. The highest BCUT2D eigenvalue weighted by molar-refractivity contribution is 6.12. The number of carbonyl (C=O) groups excluding carboxylic acids is 2. The molecule has 6 rings (SSSR count). The summed E-state index contributed by atoms with van der Waals surface area (Å²) in [6, 6.07) is 6.04. The van der Waals surface area contributed by atoms with E-state index in [1.807, 2.05) is 0 Å². The molecule has 3 N–H and O–H groups in total. The second kappa shape index (κ2) is 10.4. The van der Waals surface area contributed by atoms with E-state index in [0.717, 1.165) is 4.57 Å². The Morgan fingerprint density at radius 3 is 2.63 bits per heavy atom. The summed E-state index contributed by atoms with van der Waals surface area (Å²) in [7, 11) is 0. The zero-order valence-corrected chi connectivity index (χ0v) is 21.6. The molecule has 2 amide bonds. The lowest BCUT2D eigenvalue weighted by Crippen LogP contribution is -2.43. The summed E-state index contributed by atoms with van der Waals surface area (Å²) in [5.41, 5.74) is 0.664. The number of anilines is 2. The minimum atomic E-state index is -4.59. The molecule has 0 spiro atoms. The van der Waals surface area contributed by atoms with Gasteiger partial charge in [-0.15, -0.1) is 10.2 Å². The van der Waals surface area contributed by atoms with Crippen molar-refractivity contribution in [3.05, 3.63) is 59.7 Å². The molecule has 3 aromatic heterocycles. The van der Waals surface area contributed by atoms with Gasteiger partial charge in [-0.25, -0.2) is 9.37 Å². The van der Waals surface area contributed by atoms with Crippen LogP contribution in [0.5, 0.6) is 0 Å². The quantitative estimate of drug-likeness (QED) is 0.309. The number of nitrogens with zero attached hydrogens (tertiary/aromatic N) is 6. The highest BCUT2D eigenvalue weighted by atomic mass is 19.4. The van der Waals surface area contributed by atoms with E-state index in [4.69, 9.17) is 0 Å². The summed E-state index contributed by atoms with van der Waals surface area (Å²) in [6.07, 6.45) is 0.855. The second-order valence-corrected chi connectivity index (χ2v) is 10.1. The molecular formula is C26H25F4N9O2. The van der Waals surface area contributed by atoms with Crippen molar-refractivity contribution >= 4 is 34.5 Å². The lowest BCUT2D eigenvalue weighted by molar-refractivity contribution is -0.148. The van der Waals surface area contributed by atoms with Crippen LogP contribution in [0.25, 0.3) is 10.9 Å². The van der Waals surface area contributed by atoms with E-state index in [0.29, 0.717) is 37.1 Å². The topological polar surface area (TPSA) is 134 Å². The van der Waals surface area contributed by atoms with E-state index >= 15 is 0 Å². The zero-order valence-electron chi connectivity index (χ0n) is 21.6. The van der Waals surface area contributed by atoms with Crippen LogP contribution in [0.4, 0.5) is 29.3 Å². The summed E-state index contributed by atoms with van der Waals surface area (Å²) >= 11 is 0. The van der Waals surface area contributed by atoms with Crippen molar-refractivity contribution in [2.24, 2.45) is 5.92 Å². The Morgan fingerprint density at radius 1 is 1.05 bits per heavy atom. The SMILES string of the molecule is O=C(Nc1ccnc(NC2CCC(C(=O)N3CCn4c(nnc4C(F)(F)F)C3)CC2)n1)c1c[nH]c2cccc(F)c12. The minimum absolute atomic E-state index is 0.000711. The Hall–Kier alpha value is -4.56. The van der Waals surface area contributed by atoms with Gasteiger partial charge in [0.05, 0.1) is 12.1 Å². The number of alkyl halides is 3. The predicted molar refractivity (Wildman–Crippen MR) is 138 cm³/mol. The average molecular weight is 572 g/mol. The first-order valence-electron chi connectivity index (χ1n) is 13.1. The summed E-state index contributed by atoms with van der Waals surface area (Å²) in [6.45, 7) is 0.166. The molecule has 1 aliphatic carbocycles. The molecule has 1 fully saturated rings. The Balaban J connectivity index is 1.03. The number of nitrogens with one attached hydrogen (secondary N) is 3. The second-order valence-electron chi connectivity index (χ2n) is 10.1. The van der Waals surface area contributed by atoms with E-state index in [-0.39, 0.29) is 60.1 Å². The van der Waals surface area contributed by atoms with Crippen LogP contribution in [0.1, 0.15) is 47.7 Å². The number of aromatic amines is 1. The zero-order chi connectivity index (χ0) is 28.7. The average Bonchev–Trinajstić information content (AvgIpc) is 3.58. The molecule has 4 heterocycles. The van der Waals surface area contributed by atoms with Crippen molar-refractivity contribution < 1.29 is 27.2 Å². The summed E-state index contributed by atoms with van der Waals surface area (Å²) in [5, 5.41) is 13.0. The monoisotopic (exact) mass is 571 g/mol. The van der Waals surface area contributed by atoms with Crippen LogP contribution < -0.4 is 10.6 Å². The minimum Gasteiger partial charge on any atom is -0.360 e. The van der Waals surface area contributed by atoms with Crippen LogP contribution in [0.3, 0.4) is 0 Å². The maximum absolute atomic E-state index is 14.3. The maximum atomic E-state index is 14.3. The summed E-state index contributed by atoms with van der Waals surface area (Å²) < 4.78 is 54.6. The Morgan fingerprint density at radius 2 is 1.85 bits per heavy atom. The van der Waals surface area contributed by atoms with Crippen LogP contribution in [-0.4, -0.2) is 59.0 Å². The largest absolute Gasteiger partial charge is 0.451 e. The van der Waals surface area contributed by atoms with Crippen LogP contribution in [0.15, 0.2) is 36.7 Å². The van der Waals surface area contributed by atoms with Crippen LogP contribution in [0.2, 0.25) is 0 Å². The van der Waals surface area contributed by atoms with Gasteiger partial charge in [-0.05, 0) is 43.9 Å². The molecule has 0 bridgehead atoms. The summed E-state index contributed by atoms with van der Waals surface area (Å²) in [4.78, 5) is 38.9. The van der Waals surface area contributed by atoms with Gasteiger partial charge in [-0.1, -0.05) is 6.07 Å². The number of carbonyl (C=O) groups is 2. The molecule has 214 valence electrons. The Kier molecular flexibility index (Phi) is 6.79. The number of fused-ring (bicyclic) bond motifs is 2. The number of hydrogen-bond donors (Lipinski definition) is 3. The number of aromatic nitrogens is 6. The molecule has 0 saturated heterocycles. The highest BCUT2D eigenvalue weighted by Gasteiger charge is 2.40. The third kappa shape index (κ3) is 5.30. The van der Waals surface area contributed by atoms with E-state index in [9.17, 15) is 27.2 Å². The Bertz CT molecular complexity index is 1610.